The molecule has 1 amide bonds. The molecule has 0 aliphatic heterocycles. The van der Waals surface area contributed by atoms with Crippen LogP contribution in [0.1, 0.15) is 22.8 Å². The second-order valence-electron chi connectivity index (χ2n) is 6.36. The maximum Gasteiger partial charge on any atom is 0.311 e. The Morgan fingerprint density at radius 2 is 1.93 bits per heavy atom. The maximum atomic E-state index is 12.9. The molecule has 1 N–H and O–H groups in total. The Morgan fingerprint density at radius 3 is 2.59 bits per heavy atom. The first-order chi connectivity index (χ1) is 13.9. The molecule has 148 valence electrons. The highest BCUT2D eigenvalue weighted by atomic mass is 32.1. The second kappa shape index (κ2) is 9.11. The summed E-state index contributed by atoms with van der Waals surface area (Å²) in [5.41, 5.74) is 1.77. The van der Waals surface area contributed by atoms with Gasteiger partial charge in [0.2, 0.25) is 6.10 Å². The van der Waals surface area contributed by atoms with Crippen molar-refractivity contribution in [3.63, 3.8) is 0 Å². The molecule has 3 rings (SSSR count). The van der Waals surface area contributed by atoms with Gasteiger partial charge in [-0.05, 0) is 40.9 Å². The van der Waals surface area contributed by atoms with Gasteiger partial charge in [-0.15, -0.1) is 0 Å². The molecule has 7 nitrogen and oxygen atoms in total. The van der Waals surface area contributed by atoms with Gasteiger partial charge in [0.15, 0.2) is 0 Å². The smallest absolute Gasteiger partial charge is 0.311 e. The number of amides is 1. The van der Waals surface area contributed by atoms with Gasteiger partial charge in [0.05, 0.1) is 11.3 Å². The second-order valence-corrected chi connectivity index (χ2v) is 7.14. The topological polar surface area (TPSA) is 98.5 Å². The number of ether oxygens (including phenoxy) is 1. The Hall–Kier alpha value is -3.52. The SMILES string of the molecule is Cc1ccc(NC(=O)C(OC(=O)Cc2ccsc2)c2ccccc2)c([N+](=O)[O-])c1. The Kier molecular flexibility index (Phi) is 6.36. The molecule has 1 aromatic heterocycles. The lowest BCUT2D eigenvalue weighted by atomic mass is 10.1. The standard InChI is InChI=1S/C21H18N2O5S/c1-14-7-8-17(18(11-14)23(26)27)22-21(25)20(16-5-3-2-4-6-16)28-19(24)12-15-9-10-29-13-15/h2-11,13,20H,12H2,1H3,(H,22,25). The van der Waals surface area contributed by atoms with Crippen LogP contribution in [0.2, 0.25) is 0 Å². The van der Waals surface area contributed by atoms with Crippen LogP contribution in [0.4, 0.5) is 11.4 Å². The number of thiophene rings is 1. The average molecular weight is 410 g/mol. The van der Waals surface area contributed by atoms with Gasteiger partial charge in [0.1, 0.15) is 5.69 Å². The van der Waals surface area contributed by atoms with Gasteiger partial charge in [0.25, 0.3) is 11.6 Å². The number of nitrogens with one attached hydrogen (secondary N) is 1. The number of nitro groups is 1. The number of aryl methyl sites for hydroxylation is 1. The summed E-state index contributed by atoms with van der Waals surface area (Å²) in [5.74, 6) is -1.23. The normalized spacial score (nSPS) is 11.5. The summed E-state index contributed by atoms with van der Waals surface area (Å²) in [7, 11) is 0. The van der Waals surface area contributed by atoms with Crippen molar-refractivity contribution in [2.45, 2.75) is 19.4 Å². The van der Waals surface area contributed by atoms with Gasteiger partial charge in [-0.2, -0.15) is 11.3 Å². The molecular formula is C21H18N2O5S. The van der Waals surface area contributed by atoms with Crippen LogP contribution in [0.15, 0.2) is 65.4 Å². The van der Waals surface area contributed by atoms with E-state index in [1.54, 1.807) is 49.4 Å². The number of hydrogen-bond donors (Lipinski definition) is 1. The number of rotatable bonds is 7. The Labute approximate surface area is 171 Å². The minimum atomic E-state index is -1.23. The van der Waals surface area contributed by atoms with Crippen molar-refractivity contribution in [2.24, 2.45) is 0 Å². The monoisotopic (exact) mass is 410 g/mol. The summed E-state index contributed by atoms with van der Waals surface area (Å²) in [4.78, 5) is 36.0. The van der Waals surface area contributed by atoms with Gasteiger partial charge < -0.3 is 10.1 Å². The van der Waals surface area contributed by atoms with Gasteiger partial charge in [-0.3, -0.25) is 19.7 Å². The van der Waals surface area contributed by atoms with E-state index in [0.29, 0.717) is 11.1 Å². The van der Waals surface area contributed by atoms with E-state index in [4.69, 9.17) is 4.74 Å². The number of esters is 1. The Morgan fingerprint density at radius 1 is 1.17 bits per heavy atom. The predicted molar refractivity (Wildman–Crippen MR) is 110 cm³/mol. The minimum absolute atomic E-state index is 0.0325. The van der Waals surface area contributed by atoms with Crippen LogP contribution in [-0.4, -0.2) is 16.8 Å². The molecule has 1 atom stereocenters. The Bertz CT molecular complexity index is 1020. The maximum absolute atomic E-state index is 12.9. The summed E-state index contributed by atoms with van der Waals surface area (Å²) in [5, 5.41) is 17.5. The van der Waals surface area contributed by atoms with Crippen LogP contribution in [0.3, 0.4) is 0 Å². The van der Waals surface area contributed by atoms with Crippen molar-refractivity contribution in [1.82, 2.24) is 0 Å². The lowest BCUT2D eigenvalue weighted by Crippen LogP contribution is -2.26. The van der Waals surface area contributed by atoms with Crippen molar-refractivity contribution in [2.75, 3.05) is 5.32 Å². The largest absolute Gasteiger partial charge is 0.447 e. The fraction of sp³-hybridized carbons (Fsp3) is 0.143. The highest BCUT2D eigenvalue weighted by molar-refractivity contribution is 7.08. The number of nitrogens with zero attached hydrogens (tertiary/aromatic N) is 1. The molecule has 2 aromatic carbocycles. The molecule has 0 radical (unpaired) electrons. The third-order valence-electron chi connectivity index (χ3n) is 4.13. The van der Waals surface area contributed by atoms with E-state index < -0.39 is 22.9 Å². The molecule has 1 heterocycles. The van der Waals surface area contributed by atoms with Crippen LogP contribution in [0.25, 0.3) is 0 Å². The molecule has 3 aromatic rings. The van der Waals surface area contributed by atoms with E-state index in [9.17, 15) is 19.7 Å². The van der Waals surface area contributed by atoms with E-state index in [2.05, 4.69) is 5.32 Å². The number of hydrogen-bond acceptors (Lipinski definition) is 6. The third kappa shape index (κ3) is 5.26. The van der Waals surface area contributed by atoms with E-state index in [1.165, 1.54) is 23.5 Å². The zero-order chi connectivity index (χ0) is 20.8. The highest BCUT2D eigenvalue weighted by Crippen LogP contribution is 2.28. The average Bonchev–Trinajstić information content (AvgIpc) is 3.21. The van der Waals surface area contributed by atoms with Crippen molar-refractivity contribution in [1.29, 1.82) is 0 Å². The molecule has 0 bridgehead atoms. The molecule has 0 aliphatic carbocycles. The first-order valence-electron chi connectivity index (χ1n) is 8.75. The number of benzene rings is 2. The zero-order valence-electron chi connectivity index (χ0n) is 15.5. The molecular weight excluding hydrogens is 392 g/mol. The van der Waals surface area contributed by atoms with E-state index in [-0.39, 0.29) is 17.8 Å². The summed E-state index contributed by atoms with van der Waals surface area (Å²) in [6.45, 7) is 1.72. The van der Waals surface area contributed by atoms with E-state index >= 15 is 0 Å². The molecule has 0 spiro atoms. The summed E-state index contributed by atoms with van der Waals surface area (Å²) < 4.78 is 5.45. The van der Waals surface area contributed by atoms with Crippen LogP contribution >= 0.6 is 11.3 Å². The summed E-state index contributed by atoms with van der Waals surface area (Å²) in [6.07, 6.45) is -1.20. The predicted octanol–water partition coefficient (Wildman–Crippen LogP) is 4.43. The quantitative estimate of drug-likeness (QED) is 0.353. The molecule has 0 saturated heterocycles. The first kappa shape index (κ1) is 20.2. The fourth-order valence-electron chi connectivity index (χ4n) is 2.73. The van der Waals surface area contributed by atoms with Gasteiger partial charge >= 0.3 is 5.97 Å². The summed E-state index contributed by atoms with van der Waals surface area (Å²) >= 11 is 1.46. The lowest BCUT2D eigenvalue weighted by molar-refractivity contribution is -0.384. The lowest BCUT2D eigenvalue weighted by Gasteiger charge is -2.18. The van der Waals surface area contributed by atoms with E-state index in [1.807, 2.05) is 10.8 Å². The molecule has 0 saturated carbocycles. The van der Waals surface area contributed by atoms with Crippen LogP contribution in [-0.2, 0) is 20.7 Å². The van der Waals surface area contributed by atoms with E-state index in [0.717, 1.165) is 5.56 Å². The highest BCUT2D eigenvalue weighted by Gasteiger charge is 2.27. The molecule has 8 heteroatoms. The number of nitro benzene ring substituents is 1. The molecule has 1 unspecified atom stereocenters. The van der Waals surface area contributed by atoms with Crippen molar-refractivity contribution < 1.29 is 19.2 Å². The minimum Gasteiger partial charge on any atom is -0.447 e. The van der Waals surface area contributed by atoms with Crippen LogP contribution < -0.4 is 5.32 Å². The number of carbonyl (C=O) groups excluding carboxylic acids is 2. The molecule has 0 fully saturated rings. The van der Waals surface area contributed by atoms with Crippen molar-refractivity contribution in [3.05, 3.63) is 92.2 Å². The number of anilines is 1. The van der Waals surface area contributed by atoms with Gasteiger partial charge in [0, 0.05) is 11.6 Å². The first-order valence-corrected chi connectivity index (χ1v) is 9.69. The van der Waals surface area contributed by atoms with Gasteiger partial charge in [-0.1, -0.05) is 36.4 Å². The van der Waals surface area contributed by atoms with Crippen LogP contribution in [0, 0.1) is 17.0 Å². The Balaban J connectivity index is 1.83. The van der Waals surface area contributed by atoms with Gasteiger partial charge in [-0.25, -0.2) is 0 Å². The van der Waals surface area contributed by atoms with Crippen LogP contribution in [0.5, 0.6) is 0 Å². The number of carbonyl (C=O) groups is 2. The zero-order valence-corrected chi connectivity index (χ0v) is 16.3. The molecule has 29 heavy (non-hydrogen) atoms. The summed E-state index contributed by atoms with van der Waals surface area (Å²) in [6, 6.07) is 14.8. The van der Waals surface area contributed by atoms with Crippen molar-refractivity contribution in [3.8, 4) is 0 Å². The third-order valence-corrected chi connectivity index (χ3v) is 4.86. The molecule has 0 aliphatic rings. The van der Waals surface area contributed by atoms with Crippen molar-refractivity contribution >= 4 is 34.6 Å². The fourth-order valence-corrected chi connectivity index (χ4v) is 3.40.